The molecule has 26 heavy (non-hydrogen) atoms. The third kappa shape index (κ3) is 4.14. The second-order valence-corrected chi connectivity index (χ2v) is 7.31. The van der Waals surface area contributed by atoms with E-state index < -0.39 is 5.54 Å². The van der Waals surface area contributed by atoms with Crippen LogP contribution in [-0.2, 0) is 11.3 Å². The van der Waals surface area contributed by atoms with Gasteiger partial charge < -0.3 is 15.0 Å². The maximum Gasteiger partial charge on any atom is 0.276 e. The molecule has 5 nitrogen and oxygen atoms in total. The van der Waals surface area contributed by atoms with E-state index in [0.717, 1.165) is 53.6 Å². The first-order valence-electron chi connectivity index (χ1n) is 9.14. The van der Waals surface area contributed by atoms with Crippen molar-refractivity contribution in [2.75, 3.05) is 20.7 Å². The first-order valence-corrected chi connectivity index (χ1v) is 9.14. The fourth-order valence-corrected chi connectivity index (χ4v) is 3.75. The van der Waals surface area contributed by atoms with E-state index in [1.54, 1.807) is 7.11 Å². The molecule has 2 aromatic rings. The number of hydrogen-bond acceptors (Lipinski definition) is 3. The monoisotopic (exact) mass is 352 g/mol. The fourth-order valence-electron chi connectivity index (χ4n) is 3.75. The van der Waals surface area contributed by atoms with Crippen LogP contribution < -0.4 is 15.0 Å². The largest absolute Gasteiger partial charge is 0.497 e. The summed E-state index contributed by atoms with van der Waals surface area (Å²) in [7, 11) is 3.67. The van der Waals surface area contributed by atoms with E-state index in [2.05, 4.69) is 35.7 Å². The van der Waals surface area contributed by atoms with Crippen LogP contribution in [0.15, 0.2) is 36.4 Å². The zero-order valence-corrected chi connectivity index (χ0v) is 15.5. The van der Waals surface area contributed by atoms with Crippen molar-refractivity contribution in [3.8, 4) is 11.8 Å². The van der Waals surface area contributed by atoms with E-state index in [1.807, 2.05) is 19.2 Å². The molecule has 0 radical (unpaired) electrons. The Bertz CT molecular complexity index is 835. The summed E-state index contributed by atoms with van der Waals surface area (Å²) in [5, 5.41) is 14.7. The van der Waals surface area contributed by atoms with E-state index in [4.69, 9.17) is 4.74 Å². The summed E-state index contributed by atoms with van der Waals surface area (Å²) in [5.74, 6) is 0.805. The lowest BCUT2D eigenvalue weighted by Gasteiger charge is -2.23. The van der Waals surface area contributed by atoms with Gasteiger partial charge in [-0.3, -0.25) is 4.79 Å². The molecule has 2 aromatic carbocycles. The summed E-state index contributed by atoms with van der Waals surface area (Å²) in [6.07, 6.45) is 3.56. The van der Waals surface area contributed by atoms with Crippen molar-refractivity contribution in [1.29, 1.82) is 5.26 Å². The summed E-state index contributed by atoms with van der Waals surface area (Å²) in [4.78, 5) is 13.4. The number of fused-ring (bicyclic) bond motifs is 1. The highest BCUT2D eigenvalue weighted by atomic mass is 16.5. The summed E-state index contributed by atoms with van der Waals surface area (Å²) < 4.78 is 5.26. The molecule has 0 bridgehead atoms. The molecule has 3 rings (SSSR count). The van der Waals surface area contributed by atoms with Crippen LogP contribution in [0.1, 0.15) is 31.2 Å². The number of carbonyl (C=O) groups excluding carboxylic acids is 1. The quantitative estimate of drug-likeness (QED) is 0.833. The molecule has 2 N–H and O–H groups in total. The third-order valence-electron chi connectivity index (χ3n) is 5.13. The maximum absolute atomic E-state index is 12.3. The fraction of sp³-hybridized carbons (Fsp3) is 0.429. The van der Waals surface area contributed by atoms with Crippen LogP contribution in [0.4, 0.5) is 0 Å². The van der Waals surface area contributed by atoms with E-state index in [9.17, 15) is 10.1 Å². The molecule has 1 aliphatic carbocycles. The van der Waals surface area contributed by atoms with E-state index in [-0.39, 0.29) is 5.91 Å². The normalized spacial score (nSPS) is 16.8. The Balaban J connectivity index is 1.60. The number of benzene rings is 2. The number of likely N-dealkylation sites (N-methyl/N-ethyl adjacent to an activating group) is 1. The maximum atomic E-state index is 12.3. The number of carbonyl (C=O) groups is 1. The van der Waals surface area contributed by atoms with Crippen molar-refractivity contribution < 1.29 is 14.4 Å². The Morgan fingerprint density at radius 1 is 1.23 bits per heavy atom. The molecule has 0 aromatic heterocycles. The molecule has 1 fully saturated rings. The predicted molar refractivity (Wildman–Crippen MR) is 101 cm³/mol. The van der Waals surface area contributed by atoms with Gasteiger partial charge in [-0.15, -0.1) is 0 Å². The number of amides is 1. The van der Waals surface area contributed by atoms with Crippen LogP contribution in [-0.4, -0.2) is 32.1 Å². The average Bonchev–Trinajstić information content (AvgIpc) is 3.09. The van der Waals surface area contributed by atoms with Gasteiger partial charge in [0.1, 0.15) is 17.8 Å². The minimum Gasteiger partial charge on any atom is -0.497 e. The Labute approximate surface area is 154 Å². The number of quaternary nitrogens is 1. The molecule has 1 atom stereocenters. The Morgan fingerprint density at radius 3 is 2.62 bits per heavy atom. The van der Waals surface area contributed by atoms with Crippen LogP contribution >= 0.6 is 0 Å². The third-order valence-corrected chi connectivity index (χ3v) is 5.13. The van der Waals surface area contributed by atoms with Crippen LogP contribution in [0.5, 0.6) is 5.75 Å². The summed E-state index contributed by atoms with van der Waals surface area (Å²) in [6.45, 7) is 1.12. The highest BCUT2D eigenvalue weighted by Gasteiger charge is 2.35. The van der Waals surface area contributed by atoms with Gasteiger partial charge in [0.25, 0.3) is 5.91 Å². The van der Waals surface area contributed by atoms with Gasteiger partial charge in [-0.2, -0.15) is 5.26 Å². The van der Waals surface area contributed by atoms with Gasteiger partial charge in [-0.25, -0.2) is 0 Å². The number of nitriles is 1. The van der Waals surface area contributed by atoms with E-state index >= 15 is 0 Å². The van der Waals surface area contributed by atoms with Crippen molar-refractivity contribution >= 4 is 16.7 Å². The summed E-state index contributed by atoms with van der Waals surface area (Å²) >= 11 is 0. The van der Waals surface area contributed by atoms with Crippen molar-refractivity contribution in [3.63, 3.8) is 0 Å². The molecule has 0 spiro atoms. The van der Waals surface area contributed by atoms with Gasteiger partial charge in [-0.1, -0.05) is 18.2 Å². The molecule has 1 unspecified atom stereocenters. The zero-order valence-electron chi connectivity index (χ0n) is 15.5. The highest BCUT2D eigenvalue weighted by Crippen LogP contribution is 2.28. The molecule has 1 aliphatic rings. The Hall–Kier alpha value is -2.58. The molecule has 1 saturated carbocycles. The zero-order chi connectivity index (χ0) is 18.6. The molecule has 0 aliphatic heterocycles. The predicted octanol–water partition coefficient (Wildman–Crippen LogP) is 1.82. The molecule has 0 heterocycles. The number of ether oxygens (including phenoxy) is 1. The van der Waals surface area contributed by atoms with E-state index in [1.165, 1.54) is 5.56 Å². The average molecular weight is 352 g/mol. The number of nitrogens with zero attached hydrogens (tertiary/aromatic N) is 1. The molecular formula is C21H26N3O2+. The number of nitrogens with one attached hydrogen (secondary N) is 2. The van der Waals surface area contributed by atoms with Crippen LogP contribution in [0.25, 0.3) is 10.8 Å². The number of methoxy groups -OCH3 is 1. The lowest BCUT2D eigenvalue weighted by molar-refractivity contribution is -0.885. The van der Waals surface area contributed by atoms with Gasteiger partial charge in [0.15, 0.2) is 6.54 Å². The minimum absolute atomic E-state index is 0.0449. The minimum atomic E-state index is -0.640. The molecule has 136 valence electrons. The smallest absolute Gasteiger partial charge is 0.276 e. The lowest BCUT2D eigenvalue weighted by Crippen LogP contribution is -3.09. The van der Waals surface area contributed by atoms with Gasteiger partial charge in [0.2, 0.25) is 0 Å². The topological polar surface area (TPSA) is 66.6 Å². The Kier molecular flexibility index (Phi) is 5.43. The molecule has 5 heteroatoms. The highest BCUT2D eigenvalue weighted by molar-refractivity contribution is 5.84. The first-order chi connectivity index (χ1) is 12.5. The van der Waals surface area contributed by atoms with Crippen molar-refractivity contribution in [3.05, 3.63) is 42.0 Å². The van der Waals surface area contributed by atoms with E-state index in [0.29, 0.717) is 6.54 Å². The first kappa shape index (κ1) is 18.2. The van der Waals surface area contributed by atoms with Crippen LogP contribution in [0.2, 0.25) is 0 Å². The van der Waals surface area contributed by atoms with Crippen LogP contribution in [0, 0.1) is 11.3 Å². The summed E-state index contributed by atoms with van der Waals surface area (Å²) in [5.41, 5.74) is 0.545. The second kappa shape index (κ2) is 7.76. The van der Waals surface area contributed by atoms with Gasteiger partial charge in [0, 0.05) is 5.56 Å². The van der Waals surface area contributed by atoms with Gasteiger partial charge in [-0.05, 0) is 54.7 Å². The standard InChI is InChI=1S/C21H25N3O2/c1-24(14-20(25)23-21(15-22)9-3-4-10-21)13-16-5-6-18-12-19(26-2)8-7-17(18)11-16/h5-8,11-12H,3-4,9-10,13-14H2,1-2H3,(H,23,25)/p+1. The summed E-state index contributed by atoms with van der Waals surface area (Å²) in [6, 6.07) is 14.7. The van der Waals surface area contributed by atoms with Crippen molar-refractivity contribution in [1.82, 2.24) is 5.32 Å². The SMILES string of the molecule is COc1ccc2cc(C[NH+](C)CC(=O)NC3(C#N)CCCC3)ccc2c1. The second-order valence-electron chi connectivity index (χ2n) is 7.31. The van der Waals surface area contributed by atoms with Crippen LogP contribution in [0.3, 0.4) is 0 Å². The van der Waals surface area contributed by atoms with Crippen molar-refractivity contribution in [2.24, 2.45) is 0 Å². The molecule has 1 amide bonds. The number of rotatable bonds is 6. The molecule has 0 saturated heterocycles. The lowest BCUT2D eigenvalue weighted by atomic mass is 10.00. The Morgan fingerprint density at radius 2 is 1.92 bits per heavy atom. The number of hydrogen-bond donors (Lipinski definition) is 2. The van der Waals surface area contributed by atoms with Gasteiger partial charge >= 0.3 is 0 Å². The molecular weight excluding hydrogens is 326 g/mol. The van der Waals surface area contributed by atoms with Gasteiger partial charge in [0.05, 0.1) is 20.2 Å². The van der Waals surface area contributed by atoms with Crippen molar-refractivity contribution in [2.45, 2.75) is 37.8 Å².